The Balaban J connectivity index is 1.57. The minimum atomic E-state index is -0.0126. The molecule has 152 valence electrons. The summed E-state index contributed by atoms with van der Waals surface area (Å²) < 4.78 is 12.9. The number of tetrazole rings is 1. The summed E-state index contributed by atoms with van der Waals surface area (Å²) in [5, 5.41) is 11.8. The first-order chi connectivity index (χ1) is 14.1. The molecule has 3 rings (SSSR count). The van der Waals surface area contributed by atoms with Gasteiger partial charge in [0.25, 0.3) is 0 Å². The number of benzene rings is 2. The monoisotopic (exact) mass is 413 g/mol. The van der Waals surface area contributed by atoms with E-state index in [4.69, 9.17) is 9.47 Å². The maximum atomic E-state index is 12.4. The molecule has 8 nitrogen and oxygen atoms in total. The molecule has 0 aliphatic rings. The Hall–Kier alpha value is -3.07. The van der Waals surface area contributed by atoms with Crippen LogP contribution in [-0.2, 0) is 25.0 Å². The fourth-order valence-electron chi connectivity index (χ4n) is 2.61. The van der Waals surface area contributed by atoms with Crippen molar-refractivity contribution >= 4 is 17.7 Å². The van der Waals surface area contributed by atoms with Crippen LogP contribution in [0.2, 0.25) is 0 Å². The number of carbonyl (C=O) groups excluding carboxylic acids is 1. The van der Waals surface area contributed by atoms with Crippen molar-refractivity contribution in [3.05, 3.63) is 59.7 Å². The lowest BCUT2D eigenvalue weighted by Gasteiger charge is -2.18. The number of carbonyl (C=O) groups is 1. The molecule has 1 aromatic heterocycles. The molecular formula is C20H23N5O3S. The summed E-state index contributed by atoms with van der Waals surface area (Å²) in [6.45, 7) is 0.925. The number of rotatable bonds is 9. The zero-order valence-electron chi connectivity index (χ0n) is 16.6. The van der Waals surface area contributed by atoms with Crippen molar-refractivity contribution in [1.29, 1.82) is 0 Å². The van der Waals surface area contributed by atoms with Gasteiger partial charge in [0, 0.05) is 20.6 Å². The normalized spacial score (nSPS) is 10.6. The fourth-order valence-corrected chi connectivity index (χ4v) is 3.40. The van der Waals surface area contributed by atoms with Gasteiger partial charge in [0.1, 0.15) is 6.61 Å². The molecule has 9 heteroatoms. The Morgan fingerprint density at radius 1 is 1.14 bits per heavy atom. The van der Waals surface area contributed by atoms with Crippen molar-refractivity contribution in [1.82, 2.24) is 25.1 Å². The predicted molar refractivity (Wildman–Crippen MR) is 110 cm³/mol. The van der Waals surface area contributed by atoms with Crippen LogP contribution in [0.1, 0.15) is 11.1 Å². The van der Waals surface area contributed by atoms with Gasteiger partial charge in [-0.15, -0.1) is 5.10 Å². The van der Waals surface area contributed by atoms with Gasteiger partial charge in [-0.3, -0.25) is 4.79 Å². The van der Waals surface area contributed by atoms with E-state index in [1.165, 1.54) is 16.4 Å². The Morgan fingerprint density at radius 2 is 1.93 bits per heavy atom. The molecule has 0 unspecified atom stereocenters. The van der Waals surface area contributed by atoms with Gasteiger partial charge in [-0.05, 0) is 33.7 Å². The van der Waals surface area contributed by atoms with E-state index in [1.807, 2.05) is 48.5 Å². The Morgan fingerprint density at radius 3 is 2.62 bits per heavy atom. The number of methoxy groups -OCH3 is 1. The van der Waals surface area contributed by atoms with Crippen molar-refractivity contribution in [2.45, 2.75) is 18.3 Å². The SMILES string of the molecule is COc1cc(CN(C)C(=O)CSc2nnnn2C)ccc1OCc1ccccc1. The summed E-state index contributed by atoms with van der Waals surface area (Å²) in [4.78, 5) is 14.1. The topological polar surface area (TPSA) is 82.4 Å². The molecule has 1 amide bonds. The zero-order valence-corrected chi connectivity index (χ0v) is 17.4. The molecular weight excluding hydrogens is 390 g/mol. The van der Waals surface area contributed by atoms with Crippen LogP contribution in [-0.4, -0.2) is 50.9 Å². The van der Waals surface area contributed by atoms with Crippen LogP contribution in [0.4, 0.5) is 0 Å². The van der Waals surface area contributed by atoms with Crippen LogP contribution in [0.25, 0.3) is 0 Å². The number of ether oxygens (including phenoxy) is 2. The second-order valence-electron chi connectivity index (χ2n) is 6.38. The number of nitrogens with zero attached hydrogens (tertiary/aromatic N) is 5. The van der Waals surface area contributed by atoms with Gasteiger partial charge in [0.15, 0.2) is 11.5 Å². The molecule has 1 heterocycles. The number of amides is 1. The molecule has 0 aliphatic heterocycles. The first-order valence-electron chi connectivity index (χ1n) is 8.99. The third kappa shape index (κ3) is 5.71. The van der Waals surface area contributed by atoms with E-state index >= 15 is 0 Å². The third-order valence-corrected chi connectivity index (χ3v) is 5.21. The van der Waals surface area contributed by atoms with Gasteiger partial charge in [0.2, 0.25) is 11.1 Å². The highest BCUT2D eigenvalue weighted by Crippen LogP contribution is 2.29. The molecule has 0 saturated carbocycles. The number of aryl methyl sites for hydroxylation is 1. The Kier molecular flexibility index (Phi) is 7.07. The van der Waals surface area contributed by atoms with Gasteiger partial charge in [-0.25, -0.2) is 4.68 Å². The standard InChI is InChI=1S/C20H23N5O3S/c1-24(19(26)14-29-20-21-22-23-25(20)2)12-16-9-10-17(18(11-16)27-3)28-13-15-7-5-4-6-8-15/h4-11H,12-14H2,1-3H3. The maximum absolute atomic E-state index is 12.4. The number of thioether (sulfide) groups is 1. The fraction of sp³-hybridized carbons (Fsp3) is 0.300. The van der Waals surface area contributed by atoms with Crippen molar-refractivity contribution in [2.75, 3.05) is 19.9 Å². The van der Waals surface area contributed by atoms with Gasteiger partial charge in [-0.2, -0.15) is 0 Å². The summed E-state index contributed by atoms with van der Waals surface area (Å²) in [6, 6.07) is 15.6. The number of hydrogen-bond acceptors (Lipinski definition) is 7. The van der Waals surface area contributed by atoms with E-state index in [9.17, 15) is 4.79 Å². The highest BCUT2D eigenvalue weighted by molar-refractivity contribution is 7.99. The molecule has 0 radical (unpaired) electrons. The lowest BCUT2D eigenvalue weighted by Crippen LogP contribution is -2.27. The largest absolute Gasteiger partial charge is 0.493 e. The Bertz CT molecular complexity index is 948. The van der Waals surface area contributed by atoms with Gasteiger partial charge in [-0.1, -0.05) is 48.2 Å². The molecule has 0 aliphatic carbocycles. The first kappa shape index (κ1) is 20.7. The molecule has 0 atom stereocenters. The van der Waals surface area contributed by atoms with E-state index in [0.717, 1.165) is 11.1 Å². The molecule has 0 fully saturated rings. The van der Waals surface area contributed by atoms with Crippen LogP contribution in [0, 0.1) is 0 Å². The smallest absolute Gasteiger partial charge is 0.233 e. The van der Waals surface area contributed by atoms with Crippen molar-refractivity contribution in [3.63, 3.8) is 0 Å². The molecule has 0 spiro atoms. The summed E-state index contributed by atoms with van der Waals surface area (Å²) in [7, 11) is 5.11. The summed E-state index contributed by atoms with van der Waals surface area (Å²) in [5.74, 6) is 1.56. The summed E-state index contributed by atoms with van der Waals surface area (Å²) >= 11 is 1.31. The predicted octanol–water partition coefficient (Wildman–Crippen LogP) is 2.55. The average Bonchev–Trinajstić information content (AvgIpc) is 3.16. The second kappa shape index (κ2) is 9.92. The molecule has 0 N–H and O–H groups in total. The van der Waals surface area contributed by atoms with Crippen molar-refractivity contribution in [2.24, 2.45) is 7.05 Å². The van der Waals surface area contributed by atoms with Crippen LogP contribution >= 0.6 is 11.8 Å². The van der Waals surface area contributed by atoms with E-state index in [0.29, 0.717) is 29.8 Å². The van der Waals surface area contributed by atoms with E-state index in [-0.39, 0.29) is 11.7 Å². The molecule has 2 aromatic carbocycles. The van der Waals surface area contributed by atoms with Crippen LogP contribution < -0.4 is 9.47 Å². The minimum absolute atomic E-state index is 0.0126. The molecule has 3 aromatic rings. The lowest BCUT2D eigenvalue weighted by molar-refractivity contribution is -0.127. The third-order valence-electron chi connectivity index (χ3n) is 4.22. The Labute approximate surface area is 173 Å². The van der Waals surface area contributed by atoms with Gasteiger partial charge >= 0.3 is 0 Å². The van der Waals surface area contributed by atoms with Crippen molar-refractivity contribution in [3.8, 4) is 11.5 Å². The van der Waals surface area contributed by atoms with E-state index < -0.39 is 0 Å². The van der Waals surface area contributed by atoms with E-state index in [2.05, 4.69) is 15.5 Å². The zero-order chi connectivity index (χ0) is 20.6. The maximum Gasteiger partial charge on any atom is 0.233 e. The highest BCUT2D eigenvalue weighted by atomic mass is 32.2. The molecule has 0 saturated heterocycles. The van der Waals surface area contributed by atoms with Crippen LogP contribution in [0.3, 0.4) is 0 Å². The number of aromatic nitrogens is 4. The second-order valence-corrected chi connectivity index (χ2v) is 7.33. The van der Waals surface area contributed by atoms with Gasteiger partial charge < -0.3 is 14.4 Å². The first-order valence-corrected chi connectivity index (χ1v) is 9.98. The summed E-state index contributed by atoms with van der Waals surface area (Å²) in [6.07, 6.45) is 0. The van der Waals surface area contributed by atoms with Crippen LogP contribution in [0.15, 0.2) is 53.7 Å². The highest BCUT2D eigenvalue weighted by Gasteiger charge is 2.14. The lowest BCUT2D eigenvalue weighted by atomic mass is 10.2. The summed E-state index contributed by atoms with van der Waals surface area (Å²) in [5.41, 5.74) is 2.04. The minimum Gasteiger partial charge on any atom is -0.493 e. The van der Waals surface area contributed by atoms with E-state index in [1.54, 1.807) is 26.1 Å². The van der Waals surface area contributed by atoms with Crippen LogP contribution in [0.5, 0.6) is 11.5 Å². The quantitative estimate of drug-likeness (QED) is 0.499. The molecule has 29 heavy (non-hydrogen) atoms. The molecule has 0 bridgehead atoms. The average molecular weight is 414 g/mol. The van der Waals surface area contributed by atoms with Crippen molar-refractivity contribution < 1.29 is 14.3 Å². The number of hydrogen-bond donors (Lipinski definition) is 0. The van der Waals surface area contributed by atoms with Gasteiger partial charge in [0.05, 0.1) is 12.9 Å².